The van der Waals surface area contributed by atoms with Crippen LogP contribution in [0.2, 0.25) is 0 Å². The molecule has 196 valence electrons. The van der Waals surface area contributed by atoms with Gasteiger partial charge in [-0.3, -0.25) is 19.4 Å². The van der Waals surface area contributed by atoms with Crippen LogP contribution in [0.1, 0.15) is 31.8 Å². The molecule has 2 aromatic rings. The Balaban J connectivity index is 0.00000180. The number of nitrogens with zero attached hydrogens (tertiary/aromatic N) is 2. The Morgan fingerprint density at radius 1 is 0.611 bits per heavy atom. The first kappa shape index (κ1) is 28.4. The highest BCUT2D eigenvalue weighted by atomic mass is 35.5. The molecule has 36 heavy (non-hydrogen) atoms. The van der Waals surface area contributed by atoms with Crippen LogP contribution < -0.4 is 9.47 Å². The summed E-state index contributed by atoms with van der Waals surface area (Å²) in [6.07, 6.45) is 0. The molecule has 0 radical (unpaired) electrons. The number of halogens is 2. The van der Waals surface area contributed by atoms with Crippen molar-refractivity contribution in [1.29, 1.82) is 0 Å². The Morgan fingerprint density at radius 2 is 1.00 bits per heavy atom. The molecule has 8 nitrogen and oxygen atoms in total. The van der Waals surface area contributed by atoms with Crippen LogP contribution in [0.25, 0.3) is 0 Å². The number of carbonyl (C=O) groups is 2. The van der Waals surface area contributed by atoms with Crippen molar-refractivity contribution < 1.29 is 28.5 Å². The molecule has 0 bridgehead atoms. The van der Waals surface area contributed by atoms with E-state index in [-0.39, 0.29) is 36.4 Å². The molecule has 2 heterocycles. The van der Waals surface area contributed by atoms with E-state index in [4.69, 9.17) is 18.9 Å². The van der Waals surface area contributed by atoms with Crippen molar-refractivity contribution >= 4 is 36.4 Å². The summed E-state index contributed by atoms with van der Waals surface area (Å²) in [5.74, 6) is 0.866. The van der Waals surface area contributed by atoms with Crippen molar-refractivity contribution in [2.24, 2.45) is 0 Å². The maximum absolute atomic E-state index is 13.2. The van der Waals surface area contributed by atoms with Gasteiger partial charge in [-0.25, -0.2) is 0 Å². The lowest BCUT2D eigenvalue weighted by Gasteiger charge is -2.26. The molecule has 0 N–H and O–H groups in total. The summed E-state index contributed by atoms with van der Waals surface area (Å²) >= 11 is 0. The number of fused-ring (bicyclic) bond motifs is 2. The number of hydrogen-bond acceptors (Lipinski definition) is 8. The van der Waals surface area contributed by atoms with E-state index >= 15 is 0 Å². The summed E-state index contributed by atoms with van der Waals surface area (Å²) in [7, 11) is 0. The fourth-order valence-electron chi connectivity index (χ4n) is 4.52. The van der Waals surface area contributed by atoms with E-state index in [9.17, 15) is 9.59 Å². The Morgan fingerprint density at radius 3 is 1.39 bits per heavy atom. The van der Waals surface area contributed by atoms with Gasteiger partial charge in [0.1, 0.15) is 24.7 Å². The van der Waals surface area contributed by atoms with Crippen molar-refractivity contribution in [1.82, 2.24) is 9.80 Å². The molecule has 2 saturated heterocycles. The molecule has 2 fully saturated rings. The van der Waals surface area contributed by atoms with Crippen molar-refractivity contribution in [3.8, 4) is 11.5 Å². The van der Waals surface area contributed by atoms with Crippen LogP contribution in [0.3, 0.4) is 0 Å². The normalized spacial score (nSPS) is 17.9. The molecule has 10 heteroatoms. The van der Waals surface area contributed by atoms with Crippen molar-refractivity contribution in [2.45, 2.75) is 0 Å². The van der Waals surface area contributed by atoms with Crippen molar-refractivity contribution in [3.05, 3.63) is 58.7 Å². The molecular formula is C26H32Cl2N2O6. The van der Waals surface area contributed by atoms with Crippen LogP contribution in [0, 0.1) is 0 Å². The van der Waals surface area contributed by atoms with Gasteiger partial charge in [0.2, 0.25) is 0 Å². The first-order chi connectivity index (χ1) is 16.7. The summed E-state index contributed by atoms with van der Waals surface area (Å²) in [6, 6.07) is 10.3. The van der Waals surface area contributed by atoms with Crippen LogP contribution in [0.4, 0.5) is 0 Å². The van der Waals surface area contributed by atoms with E-state index in [1.807, 2.05) is 0 Å². The Bertz CT molecular complexity index is 971. The molecule has 3 aliphatic rings. The molecule has 0 saturated carbocycles. The van der Waals surface area contributed by atoms with Gasteiger partial charge in [-0.1, -0.05) is 0 Å². The zero-order valence-electron chi connectivity index (χ0n) is 20.1. The second kappa shape index (κ2) is 13.4. The molecular weight excluding hydrogens is 507 g/mol. The molecule has 0 aromatic heterocycles. The smallest absolute Gasteiger partial charge is 0.194 e. The van der Waals surface area contributed by atoms with E-state index < -0.39 is 0 Å². The maximum Gasteiger partial charge on any atom is 0.194 e. The summed E-state index contributed by atoms with van der Waals surface area (Å²) in [4.78, 5) is 30.9. The molecule has 2 aliphatic heterocycles. The molecule has 5 rings (SSSR count). The van der Waals surface area contributed by atoms with Gasteiger partial charge >= 0.3 is 0 Å². The lowest BCUT2D eigenvalue weighted by Crippen LogP contribution is -2.38. The van der Waals surface area contributed by atoms with Gasteiger partial charge in [-0.05, 0) is 36.4 Å². The van der Waals surface area contributed by atoms with Crippen molar-refractivity contribution in [3.63, 3.8) is 0 Å². The second-order valence-corrected chi connectivity index (χ2v) is 8.68. The van der Waals surface area contributed by atoms with Crippen LogP contribution in [-0.2, 0) is 9.47 Å². The van der Waals surface area contributed by atoms with Gasteiger partial charge in [-0.15, -0.1) is 24.8 Å². The van der Waals surface area contributed by atoms with Gasteiger partial charge in [0.25, 0.3) is 0 Å². The highest BCUT2D eigenvalue weighted by Crippen LogP contribution is 2.32. The summed E-state index contributed by atoms with van der Waals surface area (Å²) in [5.41, 5.74) is 1.59. The minimum atomic E-state index is -0.164. The first-order valence-corrected chi connectivity index (χ1v) is 11.9. The van der Waals surface area contributed by atoms with Gasteiger partial charge in [0.05, 0.1) is 26.4 Å². The van der Waals surface area contributed by atoms with E-state index in [0.29, 0.717) is 47.0 Å². The topological polar surface area (TPSA) is 77.5 Å². The van der Waals surface area contributed by atoms with E-state index in [1.165, 1.54) is 0 Å². The molecule has 1 aliphatic carbocycles. The van der Waals surface area contributed by atoms with Crippen LogP contribution in [0.15, 0.2) is 36.4 Å². The van der Waals surface area contributed by atoms with Gasteiger partial charge in [0, 0.05) is 61.5 Å². The number of benzene rings is 2. The van der Waals surface area contributed by atoms with Crippen LogP contribution in [0.5, 0.6) is 11.5 Å². The van der Waals surface area contributed by atoms with E-state index in [2.05, 4.69) is 9.80 Å². The third-order valence-corrected chi connectivity index (χ3v) is 6.52. The maximum atomic E-state index is 13.2. The Labute approximate surface area is 223 Å². The molecule has 0 spiro atoms. The SMILES string of the molecule is Cl.Cl.O=C1c2ccc(OCCN3CCOCC3)cc2C(=O)c2ccc(OCCN3CCOCC3)cc21. The van der Waals surface area contributed by atoms with E-state index in [1.54, 1.807) is 36.4 Å². The number of rotatable bonds is 8. The summed E-state index contributed by atoms with van der Waals surface area (Å²) < 4.78 is 22.5. The molecule has 2 aromatic carbocycles. The third kappa shape index (κ3) is 6.56. The zero-order chi connectivity index (χ0) is 23.3. The minimum absolute atomic E-state index is 0. The predicted octanol–water partition coefficient (Wildman–Crippen LogP) is 2.73. The van der Waals surface area contributed by atoms with E-state index in [0.717, 1.165) is 65.7 Å². The fourth-order valence-corrected chi connectivity index (χ4v) is 4.52. The predicted molar refractivity (Wildman–Crippen MR) is 140 cm³/mol. The summed E-state index contributed by atoms with van der Waals surface area (Å²) in [5, 5.41) is 0. The highest BCUT2D eigenvalue weighted by molar-refractivity contribution is 6.28. The van der Waals surface area contributed by atoms with Crippen LogP contribution in [-0.4, -0.2) is 100 Å². The van der Waals surface area contributed by atoms with Gasteiger partial charge in [-0.2, -0.15) is 0 Å². The number of morpholine rings is 2. The number of ether oxygens (including phenoxy) is 4. The Kier molecular flexibility index (Phi) is 10.5. The largest absolute Gasteiger partial charge is 0.492 e. The highest BCUT2D eigenvalue weighted by Gasteiger charge is 2.30. The Hall–Kier alpha value is -2.20. The van der Waals surface area contributed by atoms with Crippen LogP contribution >= 0.6 is 24.8 Å². The third-order valence-electron chi connectivity index (χ3n) is 6.52. The minimum Gasteiger partial charge on any atom is -0.492 e. The van der Waals surface area contributed by atoms with Gasteiger partial charge in [0.15, 0.2) is 11.6 Å². The van der Waals surface area contributed by atoms with Crippen molar-refractivity contribution in [2.75, 3.05) is 78.9 Å². The van der Waals surface area contributed by atoms with Gasteiger partial charge < -0.3 is 18.9 Å². The fraction of sp³-hybridized carbons (Fsp3) is 0.462. The number of carbonyl (C=O) groups excluding carboxylic acids is 2. The molecule has 0 unspecified atom stereocenters. The number of hydrogen-bond donors (Lipinski definition) is 0. The number of ketones is 2. The average Bonchev–Trinajstić information content (AvgIpc) is 2.88. The zero-order valence-corrected chi connectivity index (χ0v) is 21.7. The second-order valence-electron chi connectivity index (χ2n) is 8.68. The molecule has 0 amide bonds. The summed E-state index contributed by atoms with van der Waals surface area (Å²) in [6.45, 7) is 9.20. The molecule has 0 atom stereocenters. The average molecular weight is 539 g/mol. The lowest BCUT2D eigenvalue weighted by molar-refractivity contribution is 0.0321. The standard InChI is InChI=1S/C26H30N2O6.2ClH/c29-25-21-3-1-19(33-15-9-27-5-11-31-12-6-27)17-23(21)26(30)22-4-2-20(18-24(22)25)34-16-10-28-7-13-32-14-8-28;;/h1-4,17-18H,5-16H2;2*1H. The monoisotopic (exact) mass is 538 g/mol. The lowest BCUT2D eigenvalue weighted by atomic mass is 9.84. The quantitative estimate of drug-likeness (QED) is 0.433. The first-order valence-electron chi connectivity index (χ1n) is 11.9.